The molecule has 1 saturated heterocycles. The van der Waals surface area contributed by atoms with E-state index in [2.05, 4.69) is 10.3 Å². The molecular formula is C23H20F5N5O3. The van der Waals surface area contributed by atoms with E-state index in [4.69, 9.17) is 0 Å². The van der Waals surface area contributed by atoms with Crippen LogP contribution in [0.3, 0.4) is 0 Å². The molecule has 0 saturated carbocycles. The fraction of sp³-hybridized carbons (Fsp3) is 0.304. The van der Waals surface area contributed by atoms with Gasteiger partial charge in [-0.1, -0.05) is 0 Å². The number of fused-ring (bicyclic) bond motifs is 1. The summed E-state index contributed by atoms with van der Waals surface area (Å²) < 4.78 is 70.4. The average molecular weight is 509 g/mol. The first-order valence-corrected chi connectivity index (χ1v) is 10.7. The minimum atomic E-state index is -2.99. The highest BCUT2D eigenvalue weighted by Gasteiger charge is 2.33. The number of anilines is 1. The van der Waals surface area contributed by atoms with Gasteiger partial charge in [-0.05, 0) is 32.9 Å². The Morgan fingerprint density at radius 1 is 1.17 bits per heavy atom. The largest absolute Gasteiger partial charge is 0.341 e. The van der Waals surface area contributed by atoms with Gasteiger partial charge in [-0.15, -0.1) is 0 Å². The van der Waals surface area contributed by atoms with E-state index in [0.29, 0.717) is 16.7 Å². The molecule has 1 aliphatic heterocycles. The van der Waals surface area contributed by atoms with Crippen LogP contribution in [0.1, 0.15) is 31.1 Å². The maximum absolute atomic E-state index is 14.8. The van der Waals surface area contributed by atoms with Gasteiger partial charge in [0.25, 0.3) is 12.3 Å². The number of rotatable bonds is 5. The molecule has 190 valence electrons. The zero-order valence-corrected chi connectivity index (χ0v) is 19.2. The monoisotopic (exact) mass is 509 g/mol. The molecule has 1 fully saturated rings. The number of benzene rings is 1. The third kappa shape index (κ3) is 4.36. The Hall–Kier alpha value is -4.03. The summed E-state index contributed by atoms with van der Waals surface area (Å²) in [6.45, 7) is 4.02. The summed E-state index contributed by atoms with van der Waals surface area (Å²) >= 11 is 0. The quantitative estimate of drug-likeness (QED) is 0.515. The number of carbonyl (C=O) groups excluding carboxylic acids is 2. The van der Waals surface area contributed by atoms with Crippen LogP contribution in [0, 0.1) is 17.5 Å². The molecule has 4 rings (SSSR count). The van der Waals surface area contributed by atoms with Crippen molar-refractivity contribution in [3.63, 3.8) is 0 Å². The van der Waals surface area contributed by atoms with Crippen molar-refractivity contribution in [2.45, 2.75) is 38.8 Å². The van der Waals surface area contributed by atoms with Gasteiger partial charge in [0.1, 0.15) is 22.9 Å². The summed E-state index contributed by atoms with van der Waals surface area (Å²) in [7, 11) is 0. The molecular weight excluding hydrogens is 489 g/mol. The summed E-state index contributed by atoms with van der Waals surface area (Å²) in [5, 5.41) is 4.39. The maximum atomic E-state index is 14.8. The predicted molar refractivity (Wildman–Crippen MR) is 120 cm³/mol. The molecule has 0 aliphatic carbocycles. The molecule has 0 bridgehead atoms. The first kappa shape index (κ1) is 25.1. The highest BCUT2D eigenvalue weighted by Crippen LogP contribution is 2.26. The van der Waals surface area contributed by atoms with E-state index in [1.54, 1.807) is 6.92 Å². The third-order valence-corrected chi connectivity index (χ3v) is 5.63. The van der Waals surface area contributed by atoms with Crippen molar-refractivity contribution in [3.05, 3.63) is 63.7 Å². The Morgan fingerprint density at radius 2 is 1.81 bits per heavy atom. The first-order valence-electron chi connectivity index (χ1n) is 10.7. The standard InChI is InChI=1S/C23H20F5N5O3/c1-10-8-32(22(36)29-10)16-5-4-12-18(34)13(20(35)31-23(2,3)21(27)28)9-33(19(12)30-16)17-14(25)6-11(24)7-15(17)26/h4-7,9-10,21H,8H2,1-3H3,(H,29,36)(H,31,35)/t10-/m1/s1. The smallest absolute Gasteiger partial charge is 0.323 e. The van der Waals surface area contributed by atoms with Crippen molar-refractivity contribution < 1.29 is 31.5 Å². The highest BCUT2D eigenvalue weighted by atomic mass is 19.3. The van der Waals surface area contributed by atoms with Gasteiger partial charge in [0.05, 0.1) is 10.9 Å². The Balaban J connectivity index is 1.99. The van der Waals surface area contributed by atoms with Crippen LogP contribution in [0.5, 0.6) is 0 Å². The van der Waals surface area contributed by atoms with E-state index in [1.165, 1.54) is 17.0 Å². The van der Waals surface area contributed by atoms with Crippen molar-refractivity contribution in [2.75, 3.05) is 11.4 Å². The van der Waals surface area contributed by atoms with Crippen LogP contribution in [0.15, 0.2) is 35.3 Å². The highest BCUT2D eigenvalue weighted by molar-refractivity contribution is 5.98. The van der Waals surface area contributed by atoms with E-state index in [-0.39, 0.29) is 29.4 Å². The molecule has 3 aromatic rings. The molecule has 3 heterocycles. The maximum Gasteiger partial charge on any atom is 0.323 e. The number of hydrogen-bond donors (Lipinski definition) is 2. The molecule has 3 amide bonds. The topological polar surface area (TPSA) is 96.3 Å². The van der Waals surface area contributed by atoms with Crippen molar-refractivity contribution >= 4 is 28.8 Å². The minimum absolute atomic E-state index is 0.0384. The van der Waals surface area contributed by atoms with E-state index in [1.807, 2.05) is 5.32 Å². The Kier molecular flexibility index (Phi) is 6.18. The molecule has 0 unspecified atom stereocenters. The number of amides is 3. The number of urea groups is 1. The van der Waals surface area contributed by atoms with Crippen LogP contribution in [-0.4, -0.2) is 46.0 Å². The lowest BCUT2D eigenvalue weighted by molar-refractivity contribution is 0.0447. The van der Waals surface area contributed by atoms with Crippen LogP contribution in [-0.2, 0) is 0 Å². The molecule has 1 atom stereocenters. The van der Waals surface area contributed by atoms with E-state index < -0.39 is 58.0 Å². The second kappa shape index (κ2) is 8.88. The van der Waals surface area contributed by atoms with E-state index >= 15 is 0 Å². The Bertz CT molecular complexity index is 1430. The van der Waals surface area contributed by atoms with Crippen LogP contribution in [0.25, 0.3) is 16.7 Å². The number of alkyl halides is 2. The summed E-state index contributed by atoms with van der Waals surface area (Å²) in [5.74, 6) is -5.16. The minimum Gasteiger partial charge on any atom is -0.341 e. The molecule has 0 spiro atoms. The fourth-order valence-electron chi connectivity index (χ4n) is 3.74. The van der Waals surface area contributed by atoms with Gasteiger partial charge in [0, 0.05) is 30.9 Å². The van der Waals surface area contributed by atoms with Gasteiger partial charge >= 0.3 is 6.03 Å². The predicted octanol–water partition coefficient (Wildman–Crippen LogP) is 3.49. The molecule has 36 heavy (non-hydrogen) atoms. The van der Waals surface area contributed by atoms with Crippen molar-refractivity contribution in [1.29, 1.82) is 0 Å². The number of nitrogens with zero attached hydrogens (tertiary/aromatic N) is 3. The molecule has 2 aromatic heterocycles. The van der Waals surface area contributed by atoms with Crippen LogP contribution < -0.4 is 21.0 Å². The van der Waals surface area contributed by atoms with Gasteiger partial charge in [0.15, 0.2) is 17.3 Å². The Morgan fingerprint density at radius 3 is 2.36 bits per heavy atom. The Labute approximate surface area is 200 Å². The zero-order valence-electron chi connectivity index (χ0n) is 19.2. The van der Waals surface area contributed by atoms with Crippen LogP contribution in [0.4, 0.5) is 32.6 Å². The number of nitrogens with one attached hydrogen (secondary N) is 2. The van der Waals surface area contributed by atoms with Crippen LogP contribution >= 0.6 is 0 Å². The molecule has 1 aromatic carbocycles. The SMILES string of the molecule is C[C@@H]1CN(c2ccc3c(=O)c(C(=O)NC(C)(C)C(F)F)cn(-c4c(F)cc(F)cc4F)c3n2)C(=O)N1. The van der Waals surface area contributed by atoms with Crippen molar-refractivity contribution in [2.24, 2.45) is 0 Å². The van der Waals surface area contributed by atoms with E-state index in [9.17, 15) is 36.3 Å². The van der Waals surface area contributed by atoms with Gasteiger partial charge in [-0.2, -0.15) is 0 Å². The average Bonchev–Trinajstić information content (AvgIpc) is 3.11. The van der Waals surface area contributed by atoms with E-state index in [0.717, 1.165) is 20.0 Å². The molecule has 8 nitrogen and oxygen atoms in total. The number of carbonyl (C=O) groups is 2. The van der Waals surface area contributed by atoms with Gasteiger partial charge in [0.2, 0.25) is 5.43 Å². The molecule has 2 N–H and O–H groups in total. The second-order valence-electron chi connectivity index (χ2n) is 8.94. The van der Waals surface area contributed by atoms with Gasteiger partial charge in [-0.3, -0.25) is 19.1 Å². The van der Waals surface area contributed by atoms with Crippen molar-refractivity contribution in [1.82, 2.24) is 20.2 Å². The third-order valence-electron chi connectivity index (χ3n) is 5.63. The zero-order chi connectivity index (χ0) is 26.5. The van der Waals surface area contributed by atoms with Crippen LogP contribution in [0.2, 0.25) is 0 Å². The molecule has 1 aliphatic rings. The number of aromatic nitrogens is 2. The summed E-state index contributed by atoms with van der Waals surface area (Å²) in [6.07, 6.45) is -2.25. The lowest BCUT2D eigenvalue weighted by Crippen LogP contribution is -2.50. The number of halogens is 5. The summed E-state index contributed by atoms with van der Waals surface area (Å²) in [6, 6.07) is 2.55. The lowest BCUT2D eigenvalue weighted by Gasteiger charge is -2.25. The first-order chi connectivity index (χ1) is 16.8. The second-order valence-corrected chi connectivity index (χ2v) is 8.94. The van der Waals surface area contributed by atoms with Crippen molar-refractivity contribution in [3.8, 4) is 5.69 Å². The molecule has 13 heteroatoms. The summed E-state index contributed by atoms with van der Waals surface area (Å²) in [5.41, 5.74) is -4.91. The summed E-state index contributed by atoms with van der Waals surface area (Å²) in [4.78, 5) is 43.7. The number of pyridine rings is 2. The van der Waals surface area contributed by atoms with Gasteiger partial charge < -0.3 is 10.6 Å². The molecule has 0 radical (unpaired) electrons. The lowest BCUT2D eigenvalue weighted by atomic mass is 10.1. The fourth-order valence-corrected chi connectivity index (χ4v) is 3.74. The normalized spacial score (nSPS) is 16.1. The van der Waals surface area contributed by atoms with Gasteiger partial charge in [-0.25, -0.2) is 31.7 Å². The number of hydrogen-bond acceptors (Lipinski definition) is 4.